The molecular weight excluding hydrogens is 571 g/mol. The summed E-state index contributed by atoms with van der Waals surface area (Å²) in [4.78, 5) is 9.35. The van der Waals surface area contributed by atoms with Crippen LogP contribution in [0.1, 0.15) is 27.8 Å². The Bertz CT molecular complexity index is 2600. The average molecular weight is 596 g/mol. The van der Waals surface area contributed by atoms with E-state index in [1.54, 1.807) is 18.3 Å². The first-order chi connectivity index (χ1) is 23.3. The third-order valence-corrected chi connectivity index (χ3v) is 10.2. The summed E-state index contributed by atoms with van der Waals surface area (Å²) in [6, 6.07) is 52.5. The Morgan fingerprint density at radius 1 is 0.489 bits per heavy atom. The Labute approximate surface area is 272 Å². The minimum atomic E-state index is -0.463. The number of nitriles is 1. The number of hydrogen-bond acceptors (Lipinski definition) is 3. The van der Waals surface area contributed by atoms with Crippen LogP contribution in [0.5, 0.6) is 0 Å². The van der Waals surface area contributed by atoms with Crippen molar-refractivity contribution in [3.8, 4) is 50.8 Å². The number of fused-ring (bicyclic) bond motifs is 14. The molecule has 2 aliphatic carbocycles. The maximum absolute atomic E-state index is 9.41. The van der Waals surface area contributed by atoms with Gasteiger partial charge in [0, 0.05) is 18.0 Å². The lowest BCUT2D eigenvalue weighted by molar-refractivity contribution is 0.795. The highest BCUT2D eigenvalue weighted by molar-refractivity contribution is 6.16. The van der Waals surface area contributed by atoms with Gasteiger partial charge in [-0.2, -0.15) is 5.26 Å². The maximum Gasteiger partial charge on any atom is 0.0992 e. The van der Waals surface area contributed by atoms with Gasteiger partial charge >= 0.3 is 0 Å². The van der Waals surface area contributed by atoms with Gasteiger partial charge in [0.1, 0.15) is 0 Å². The summed E-state index contributed by atoms with van der Waals surface area (Å²) in [6.07, 6.45) is 3.61. The molecule has 0 unspecified atom stereocenters. The van der Waals surface area contributed by atoms with Gasteiger partial charge in [-0.3, -0.25) is 9.97 Å². The first kappa shape index (κ1) is 25.9. The number of hydrogen-bond donors (Lipinski definition) is 0. The fourth-order valence-electron chi connectivity index (χ4n) is 8.34. The fourth-order valence-corrected chi connectivity index (χ4v) is 8.34. The topological polar surface area (TPSA) is 49.6 Å². The summed E-state index contributed by atoms with van der Waals surface area (Å²) in [6.45, 7) is 0. The molecular formula is C44H25N3. The molecule has 0 atom stereocenters. The van der Waals surface area contributed by atoms with E-state index >= 15 is 0 Å². The van der Waals surface area contributed by atoms with Crippen LogP contribution in [0.2, 0.25) is 0 Å². The number of nitrogens with zero attached hydrogens (tertiary/aromatic N) is 3. The first-order valence-corrected chi connectivity index (χ1v) is 15.9. The summed E-state index contributed by atoms with van der Waals surface area (Å²) in [5, 5.41) is 14.4. The molecule has 0 N–H and O–H groups in total. The molecule has 0 fully saturated rings. The second kappa shape index (κ2) is 9.57. The van der Waals surface area contributed by atoms with E-state index in [1.165, 1.54) is 66.1 Å². The predicted octanol–water partition coefficient (Wildman–Crippen LogP) is 10.3. The number of aromatic nitrogens is 2. The van der Waals surface area contributed by atoms with E-state index in [0.717, 1.165) is 16.8 Å². The average Bonchev–Trinajstić information content (AvgIpc) is 3.62. The van der Waals surface area contributed by atoms with Gasteiger partial charge in [0.05, 0.1) is 28.4 Å². The van der Waals surface area contributed by atoms with Gasteiger partial charge in [-0.15, -0.1) is 0 Å². The highest BCUT2D eigenvalue weighted by Crippen LogP contribution is 2.65. The van der Waals surface area contributed by atoms with Crippen LogP contribution in [0.4, 0.5) is 0 Å². The Morgan fingerprint density at radius 3 is 1.91 bits per heavy atom. The molecule has 8 aromatic rings. The van der Waals surface area contributed by atoms with E-state index in [9.17, 15) is 5.26 Å². The van der Waals surface area contributed by atoms with Crippen LogP contribution >= 0.6 is 0 Å². The second-order valence-electron chi connectivity index (χ2n) is 12.4. The van der Waals surface area contributed by atoms with Gasteiger partial charge in [0.25, 0.3) is 0 Å². The summed E-state index contributed by atoms with van der Waals surface area (Å²) >= 11 is 0. The highest BCUT2D eigenvalue weighted by Gasteiger charge is 2.52. The van der Waals surface area contributed by atoms with Crippen LogP contribution in [-0.2, 0) is 5.41 Å². The van der Waals surface area contributed by atoms with E-state index in [2.05, 4.69) is 132 Å². The molecule has 3 nitrogen and oxygen atoms in total. The molecule has 6 aromatic carbocycles. The molecule has 0 saturated carbocycles. The van der Waals surface area contributed by atoms with Gasteiger partial charge in [-0.25, -0.2) is 0 Å². The highest BCUT2D eigenvalue weighted by atomic mass is 14.8. The summed E-state index contributed by atoms with van der Waals surface area (Å²) in [7, 11) is 0. The van der Waals surface area contributed by atoms with Crippen LogP contribution in [0.15, 0.2) is 152 Å². The molecule has 0 aliphatic heterocycles. The Balaban J connectivity index is 1.32. The smallest absolute Gasteiger partial charge is 0.0992 e. The molecule has 0 bridgehead atoms. The lowest BCUT2D eigenvalue weighted by atomic mass is 9.70. The zero-order valence-electron chi connectivity index (χ0n) is 25.3. The van der Waals surface area contributed by atoms with Gasteiger partial charge in [0.15, 0.2) is 0 Å². The molecule has 216 valence electrons. The lowest BCUT2D eigenvalue weighted by Gasteiger charge is -2.31. The molecule has 3 heteroatoms. The number of benzene rings is 6. The van der Waals surface area contributed by atoms with Crippen molar-refractivity contribution >= 4 is 21.5 Å². The fraction of sp³-hybridized carbons (Fsp3) is 0.0227. The molecule has 10 rings (SSSR count). The van der Waals surface area contributed by atoms with Gasteiger partial charge in [-0.05, 0) is 95.9 Å². The van der Waals surface area contributed by atoms with Crippen molar-refractivity contribution in [3.63, 3.8) is 0 Å². The minimum Gasteiger partial charge on any atom is -0.255 e. The summed E-state index contributed by atoms with van der Waals surface area (Å²) < 4.78 is 0. The van der Waals surface area contributed by atoms with Crippen LogP contribution in [-0.4, -0.2) is 9.97 Å². The van der Waals surface area contributed by atoms with Crippen molar-refractivity contribution in [2.24, 2.45) is 0 Å². The second-order valence-corrected chi connectivity index (χ2v) is 12.4. The van der Waals surface area contributed by atoms with E-state index in [0.29, 0.717) is 11.3 Å². The largest absolute Gasteiger partial charge is 0.255 e. The molecule has 2 aliphatic rings. The van der Waals surface area contributed by atoms with Crippen molar-refractivity contribution in [1.82, 2.24) is 9.97 Å². The Morgan fingerprint density at radius 2 is 1.17 bits per heavy atom. The van der Waals surface area contributed by atoms with Crippen LogP contribution in [0.25, 0.3) is 66.3 Å². The zero-order chi connectivity index (χ0) is 31.1. The molecule has 2 heterocycles. The number of pyridine rings is 2. The monoisotopic (exact) mass is 595 g/mol. The zero-order valence-corrected chi connectivity index (χ0v) is 25.3. The normalized spacial score (nSPS) is 13.3. The van der Waals surface area contributed by atoms with Crippen LogP contribution in [0.3, 0.4) is 0 Å². The van der Waals surface area contributed by atoms with Gasteiger partial charge in [0.2, 0.25) is 0 Å². The first-order valence-electron chi connectivity index (χ1n) is 15.9. The van der Waals surface area contributed by atoms with Crippen LogP contribution in [0, 0.1) is 11.3 Å². The van der Waals surface area contributed by atoms with Gasteiger partial charge < -0.3 is 0 Å². The molecule has 0 radical (unpaired) electrons. The third-order valence-electron chi connectivity index (χ3n) is 10.2. The van der Waals surface area contributed by atoms with Crippen molar-refractivity contribution in [2.75, 3.05) is 0 Å². The van der Waals surface area contributed by atoms with E-state index in [1.807, 2.05) is 12.3 Å². The number of rotatable bonds is 2. The predicted molar refractivity (Wildman–Crippen MR) is 189 cm³/mol. The van der Waals surface area contributed by atoms with Crippen molar-refractivity contribution in [2.45, 2.75) is 5.41 Å². The Hall–Kier alpha value is -6.37. The minimum absolute atomic E-state index is 0.463. The van der Waals surface area contributed by atoms with Crippen molar-refractivity contribution in [1.29, 1.82) is 5.26 Å². The quantitative estimate of drug-likeness (QED) is 0.200. The van der Waals surface area contributed by atoms with E-state index < -0.39 is 5.41 Å². The molecule has 2 aromatic heterocycles. The molecule has 47 heavy (non-hydrogen) atoms. The summed E-state index contributed by atoms with van der Waals surface area (Å²) in [5.41, 5.74) is 14.3. The third kappa shape index (κ3) is 3.39. The van der Waals surface area contributed by atoms with E-state index in [4.69, 9.17) is 4.98 Å². The molecule has 0 amide bonds. The standard InChI is InChI=1S/C44H25N3/c45-25-27-21-22-46-41(23-27)40-20-18-29(26-47-40)35-24-39-43(34-14-4-3-11-31(34)35)42-30-10-2-1-9-28(30)17-19-38(42)44(39)36-15-7-5-12-32(36)33-13-6-8-16-37(33)44/h1-24,26H. The summed E-state index contributed by atoms with van der Waals surface area (Å²) in [5.74, 6) is 0. The van der Waals surface area contributed by atoms with Crippen LogP contribution < -0.4 is 0 Å². The van der Waals surface area contributed by atoms with E-state index in [-0.39, 0.29) is 0 Å². The maximum atomic E-state index is 9.41. The van der Waals surface area contributed by atoms with Crippen molar-refractivity contribution < 1.29 is 0 Å². The van der Waals surface area contributed by atoms with Crippen molar-refractivity contribution in [3.05, 3.63) is 180 Å². The SMILES string of the molecule is N#Cc1ccnc(-c2ccc(-c3cc4c(c5ccccc35)-c3c(ccc5ccccc35)C43c4ccccc4-c4ccccc43)cn2)c1. The molecule has 1 spiro atoms. The molecule has 0 saturated heterocycles. The van der Waals surface area contributed by atoms with Gasteiger partial charge in [-0.1, -0.05) is 115 Å². The lowest BCUT2D eigenvalue weighted by Crippen LogP contribution is -2.26. The Kier molecular flexibility index (Phi) is 5.27.